The van der Waals surface area contributed by atoms with E-state index in [2.05, 4.69) is 39.1 Å². The first-order chi connectivity index (χ1) is 22.7. The van der Waals surface area contributed by atoms with E-state index in [1.54, 1.807) is 12.1 Å². The highest BCUT2D eigenvalue weighted by atomic mass is 35.5. The van der Waals surface area contributed by atoms with Gasteiger partial charge >= 0.3 is 0 Å². The topological polar surface area (TPSA) is 94.3 Å². The van der Waals surface area contributed by atoms with Crippen molar-refractivity contribution in [2.75, 3.05) is 13.1 Å². The Morgan fingerprint density at radius 1 is 1.02 bits per heavy atom. The maximum Gasteiger partial charge on any atom is 0.249 e. The molecular formula is C40H50ClN3O3. The number of aliphatic imine (C=N–C) groups is 2. The number of carbonyl (C=O) groups is 1. The van der Waals surface area contributed by atoms with Crippen LogP contribution in [0.5, 0.6) is 5.75 Å². The number of phenolic OH excluding ortho intramolecular Hbond substituents is 1. The van der Waals surface area contributed by atoms with Gasteiger partial charge in [0.2, 0.25) is 5.91 Å². The van der Waals surface area contributed by atoms with Gasteiger partial charge < -0.3 is 15.5 Å². The maximum absolute atomic E-state index is 14.4. The molecule has 4 unspecified atom stereocenters. The fraction of sp³-hybridized carbons (Fsp3) is 0.525. The first-order valence-electron chi connectivity index (χ1n) is 17.7. The van der Waals surface area contributed by atoms with Gasteiger partial charge in [-0.25, -0.2) is 4.99 Å². The molecule has 1 aromatic carbocycles. The zero-order valence-corrected chi connectivity index (χ0v) is 29.1. The monoisotopic (exact) mass is 655 g/mol. The lowest BCUT2D eigenvalue weighted by molar-refractivity contribution is -0.121. The van der Waals surface area contributed by atoms with E-state index in [4.69, 9.17) is 21.6 Å². The molecule has 0 spiro atoms. The van der Waals surface area contributed by atoms with E-state index >= 15 is 0 Å². The van der Waals surface area contributed by atoms with Gasteiger partial charge in [0.15, 0.2) is 0 Å². The van der Waals surface area contributed by atoms with E-state index < -0.39 is 6.10 Å². The van der Waals surface area contributed by atoms with Gasteiger partial charge in [0.25, 0.3) is 0 Å². The van der Waals surface area contributed by atoms with Gasteiger partial charge in [-0.3, -0.25) is 9.79 Å². The van der Waals surface area contributed by atoms with Crippen LogP contribution < -0.4 is 5.32 Å². The highest BCUT2D eigenvalue weighted by molar-refractivity contribution is 6.35. The van der Waals surface area contributed by atoms with Crippen molar-refractivity contribution in [2.45, 2.75) is 91.6 Å². The standard InChI is InChI=1S/C40H50ClN3O3/c1-23(2)38-32-19-26-15-16-30-33(39(44-40(26)47)27-11-7-9-17-42-22-24(27)3)20-34(41)31(29-13-5-6-14-35(29)45)21-36(46)37(30)25(4)28(32)12-8-10-18-43-38/h5-6,10,13-14,18,20,23-27,36,42,45-46H,7-9,11-12,15-17,19,21-22H2,1-4H3/b18-10-,32-28?,33-20?,34-31-,37-30?,43-38?,44-39?/t24-,25?,26?,27?,36?/m0/s1. The van der Waals surface area contributed by atoms with Crippen LogP contribution in [0.25, 0.3) is 5.57 Å². The Bertz CT molecular complexity index is 1620. The molecule has 47 heavy (non-hydrogen) atoms. The second-order valence-electron chi connectivity index (χ2n) is 14.4. The molecule has 1 fully saturated rings. The van der Waals surface area contributed by atoms with Crippen molar-refractivity contribution in [3.63, 3.8) is 0 Å². The molecule has 0 radical (unpaired) electrons. The number of halogens is 1. The van der Waals surface area contributed by atoms with E-state index in [1.807, 2.05) is 24.4 Å². The summed E-state index contributed by atoms with van der Waals surface area (Å²) in [7, 11) is 0. The number of aromatic hydroxyl groups is 1. The minimum Gasteiger partial charge on any atom is -0.507 e. The zero-order chi connectivity index (χ0) is 33.2. The number of nitrogens with one attached hydrogen (secondary N) is 1. The number of aliphatic hydroxyl groups excluding tert-OH is 1. The van der Waals surface area contributed by atoms with E-state index in [9.17, 15) is 15.0 Å². The Balaban J connectivity index is 1.66. The fourth-order valence-corrected chi connectivity index (χ4v) is 8.82. The Morgan fingerprint density at radius 3 is 2.62 bits per heavy atom. The predicted molar refractivity (Wildman–Crippen MR) is 193 cm³/mol. The summed E-state index contributed by atoms with van der Waals surface area (Å²) in [6.07, 6.45) is 12.2. The summed E-state index contributed by atoms with van der Waals surface area (Å²) in [4.78, 5) is 24.5. The van der Waals surface area contributed by atoms with Gasteiger partial charge in [-0.1, -0.05) is 75.6 Å². The van der Waals surface area contributed by atoms with Gasteiger partial charge in [-0.05, 0) is 104 Å². The number of rotatable bonds is 3. The largest absolute Gasteiger partial charge is 0.507 e. The number of aliphatic hydroxyl groups is 1. The SMILES string of the molecule is CC(C)C1=N/C=C\CCC2=C1CC1CCC3=C(C(O)C/C(c4ccccc4O)=C(/Cl)C=C3C(C3CCCCNC[C@@H]3C)=NC1=O)C2C. The summed E-state index contributed by atoms with van der Waals surface area (Å²) in [6.45, 7) is 10.7. The molecular weight excluding hydrogens is 606 g/mol. The van der Waals surface area contributed by atoms with Gasteiger partial charge in [0, 0.05) is 52.3 Å². The number of phenols is 1. The van der Waals surface area contributed by atoms with Gasteiger partial charge in [-0.15, -0.1) is 0 Å². The molecule has 7 heteroatoms. The van der Waals surface area contributed by atoms with Crippen molar-refractivity contribution < 1.29 is 15.0 Å². The highest BCUT2D eigenvalue weighted by Crippen LogP contribution is 2.47. The molecule has 2 aliphatic carbocycles. The van der Waals surface area contributed by atoms with Crippen LogP contribution in [0.4, 0.5) is 0 Å². The van der Waals surface area contributed by atoms with Crippen LogP contribution in [0.3, 0.4) is 0 Å². The second-order valence-corrected chi connectivity index (χ2v) is 14.8. The molecule has 0 saturated carbocycles. The van der Waals surface area contributed by atoms with E-state index in [-0.39, 0.29) is 47.7 Å². The summed E-state index contributed by atoms with van der Waals surface area (Å²) < 4.78 is 0. The Morgan fingerprint density at radius 2 is 1.83 bits per heavy atom. The van der Waals surface area contributed by atoms with Crippen molar-refractivity contribution in [1.82, 2.24) is 5.32 Å². The first kappa shape index (κ1) is 33.8. The molecule has 6 nitrogen and oxygen atoms in total. The maximum atomic E-state index is 14.4. The molecule has 3 heterocycles. The van der Waals surface area contributed by atoms with Crippen molar-refractivity contribution in [3.8, 4) is 5.75 Å². The number of carbonyl (C=O) groups excluding carboxylic acids is 1. The number of para-hydroxylation sites is 1. The smallest absolute Gasteiger partial charge is 0.249 e. The third-order valence-corrected chi connectivity index (χ3v) is 11.4. The molecule has 5 aliphatic rings. The summed E-state index contributed by atoms with van der Waals surface area (Å²) in [5.74, 6) is 0.213. The summed E-state index contributed by atoms with van der Waals surface area (Å²) in [5.41, 5.74) is 8.55. The van der Waals surface area contributed by atoms with Crippen LogP contribution in [0.15, 0.2) is 85.5 Å². The van der Waals surface area contributed by atoms with Crippen molar-refractivity contribution in [3.05, 3.63) is 81.1 Å². The molecule has 5 atom stereocenters. The van der Waals surface area contributed by atoms with E-state index in [0.29, 0.717) is 35.4 Å². The number of nitrogens with zero attached hydrogens (tertiary/aromatic N) is 2. The average Bonchev–Trinajstić information content (AvgIpc) is 3.05. The molecule has 0 aromatic heterocycles. The van der Waals surface area contributed by atoms with Crippen LogP contribution in [0.2, 0.25) is 0 Å². The number of amides is 1. The lowest BCUT2D eigenvalue weighted by atomic mass is 9.72. The van der Waals surface area contributed by atoms with Crippen LogP contribution in [-0.4, -0.2) is 46.7 Å². The second kappa shape index (κ2) is 14.6. The summed E-state index contributed by atoms with van der Waals surface area (Å²) >= 11 is 7.26. The lowest BCUT2D eigenvalue weighted by Gasteiger charge is -2.35. The van der Waals surface area contributed by atoms with Gasteiger partial charge in [-0.2, -0.15) is 0 Å². The Hall–Kier alpha value is -3.06. The van der Waals surface area contributed by atoms with Crippen LogP contribution in [0.1, 0.15) is 91.0 Å². The number of hydrogen-bond acceptors (Lipinski definition) is 5. The van der Waals surface area contributed by atoms with Crippen molar-refractivity contribution in [2.24, 2.45) is 39.6 Å². The molecule has 6 rings (SSSR count). The molecule has 3 aliphatic heterocycles. The highest BCUT2D eigenvalue weighted by Gasteiger charge is 2.39. The minimum absolute atomic E-state index is 0.0599. The molecule has 2 bridgehead atoms. The van der Waals surface area contributed by atoms with Crippen LogP contribution >= 0.6 is 11.6 Å². The predicted octanol–water partition coefficient (Wildman–Crippen LogP) is 8.47. The number of benzene rings is 1. The summed E-state index contributed by atoms with van der Waals surface area (Å²) in [5, 5.41) is 27.5. The fourth-order valence-electron chi connectivity index (χ4n) is 8.53. The van der Waals surface area contributed by atoms with Crippen LogP contribution in [-0.2, 0) is 4.79 Å². The Labute approximate surface area is 285 Å². The molecule has 1 saturated heterocycles. The number of hydrogen-bond donors (Lipinski definition) is 3. The normalized spacial score (nSPS) is 31.7. The number of fused-ring (bicyclic) bond motifs is 2. The number of allylic oxidation sites excluding steroid dienone is 7. The van der Waals surface area contributed by atoms with E-state index in [0.717, 1.165) is 73.3 Å². The van der Waals surface area contributed by atoms with Crippen LogP contribution in [0, 0.1) is 29.6 Å². The van der Waals surface area contributed by atoms with Crippen molar-refractivity contribution >= 4 is 34.5 Å². The third-order valence-electron chi connectivity index (χ3n) is 11.0. The average molecular weight is 656 g/mol. The molecule has 3 N–H and O–H groups in total. The van der Waals surface area contributed by atoms with E-state index in [1.165, 1.54) is 11.1 Å². The third kappa shape index (κ3) is 6.93. The quantitative estimate of drug-likeness (QED) is 0.304. The minimum atomic E-state index is -0.842. The zero-order valence-electron chi connectivity index (χ0n) is 28.4. The lowest BCUT2D eigenvalue weighted by Crippen LogP contribution is -2.36. The van der Waals surface area contributed by atoms with Gasteiger partial charge in [0.05, 0.1) is 11.8 Å². The molecule has 1 aromatic rings. The summed E-state index contributed by atoms with van der Waals surface area (Å²) in [6, 6.07) is 7.20. The Kier molecular flexibility index (Phi) is 10.5. The molecule has 250 valence electrons. The van der Waals surface area contributed by atoms with Gasteiger partial charge in [0.1, 0.15) is 5.75 Å². The first-order valence-corrected chi connectivity index (χ1v) is 18.1. The van der Waals surface area contributed by atoms with Crippen molar-refractivity contribution in [1.29, 1.82) is 0 Å². The molecule has 1 amide bonds.